The third kappa shape index (κ3) is 27.0. The number of carbonyl (C=O) groups is 1. The lowest BCUT2D eigenvalue weighted by atomic mass is 9.83. The van der Waals surface area contributed by atoms with E-state index in [1.165, 1.54) is 55.6 Å². The SMILES string of the molecule is CB(O)N1CCN([C@@H](C)c2ccc(C)cc2)[C@@H](C)C1.CB(O)N1CCN([C@@H](C)c2ccc(C)cc2)[C@@H](C)C1.CB(O)N1CCN([C@H](C)c2ccc(C)cc2)[C@@H](C)C1.CB(O)N1CCN[C@@H](C)C1.CC(=O)N1CCC(C)(N2CCN([C@@H](C)c3ccc(C)cc3)[C@@H](C)C2)CC1.Cc1ccc(C(C)Cl)cc1. The van der Waals surface area contributed by atoms with Gasteiger partial charge in [-0.3, -0.25) is 29.3 Å². The van der Waals surface area contributed by atoms with Gasteiger partial charge in [-0.2, -0.15) is 0 Å². The molecule has 11 rings (SSSR count). The van der Waals surface area contributed by atoms with Gasteiger partial charge in [0, 0.05) is 178 Å². The van der Waals surface area contributed by atoms with Gasteiger partial charge in [0.1, 0.15) is 0 Å². The third-order valence-electron chi connectivity index (χ3n) is 23.1. The second kappa shape index (κ2) is 42.3. The minimum Gasteiger partial charge on any atom is -0.437 e. The summed E-state index contributed by atoms with van der Waals surface area (Å²) in [6.45, 7) is 61.2. The predicted octanol–water partition coefficient (Wildman–Crippen LogP) is 12.7. The zero-order valence-electron chi connectivity index (χ0n) is 67.6. The highest BCUT2D eigenvalue weighted by molar-refractivity contribution is 6.46. The van der Waals surface area contributed by atoms with Crippen LogP contribution in [0.25, 0.3) is 0 Å². The van der Waals surface area contributed by atoms with Crippen LogP contribution in [0.4, 0.5) is 0 Å². The summed E-state index contributed by atoms with van der Waals surface area (Å²) in [5.74, 6) is 0.220. The van der Waals surface area contributed by atoms with Gasteiger partial charge in [0.15, 0.2) is 0 Å². The third-order valence-corrected chi connectivity index (χ3v) is 23.4. The topological polar surface area (TPSA) is 142 Å². The number of likely N-dealkylation sites (tertiary alicyclic amines) is 1. The van der Waals surface area contributed by atoms with Crippen LogP contribution in [0.2, 0.25) is 27.3 Å². The van der Waals surface area contributed by atoms with Gasteiger partial charge in [-0.05, 0) is 179 Å². The summed E-state index contributed by atoms with van der Waals surface area (Å²) in [7, 11) is -1.29. The molecule has 6 aliphatic heterocycles. The lowest BCUT2D eigenvalue weighted by Crippen LogP contribution is -2.62. The van der Waals surface area contributed by atoms with Gasteiger partial charge < -0.3 is 49.6 Å². The molecule has 5 aromatic carbocycles. The van der Waals surface area contributed by atoms with E-state index < -0.39 is 0 Å². The molecule has 0 radical (unpaired) electrons. The van der Waals surface area contributed by atoms with Crippen molar-refractivity contribution in [3.63, 3.8) is 0 Å². The zero-order valence-corrected chi connectivity index (χ0v) is 68.4. The average Bonchev–Trinajstić information content (AvgIpc) is 0.792. The highest BCUT2D eigenvalue weighted by Gasteiger charge is 2.41. The lowest BCUT2D eigenvalue weighted by molar-refractivity contribution is -0.132. The number of amides is 1. The van der Waals surface area contributed by atoms with Gasteiger partial charge in [-0.15, -0.1) is 11.6 Å². The summed E-state index contributed by atoms with van der Waals surface area (Å²) < 4.78 is 0. The number of nitrogens with one attached hydrogen (secondary N) is 1. The molecule has 6 fully saturated rings. The summed E-state index contributed by atoms with van der Waals surface area (Å²) in [6.07, 6.45) is 2.18. The monoisotopic (exact) mass is 1430 g/mol. The van der Waals surface area contributed by atoms with Crippen molar-refractivity contribution in [2.75, 3.05) is 111 Å². The molecule has 16 nitrogen and oxygen atoms in total. The molecule has 5 N–H and O–H groups in total. The molecule has 1 unspecified atom stereocenters. The number of piperazine rings is 5. The second-order valence-corrected chi connectivity index (χ2v) is 32.2. The molecule has 0 spiro atoms. The number of carbonyl (C=O) groups excluding carboxylic acids is 1. The van der Waals surface area contributed by atoms with Crippen molar-refractivity contribution in [1.82, 2.24) is 54.0 Å². The minimum atomic E-state index is -0.334. The Bertz CT molecular complexity index is 3020. The van der Waals surface area contributed by atoms with Crippen LogP contribution in [0, 0.1) is 34.6 Å². The first-order valence-corrected chi connectivity index (χ1v) is 39.5. The molecule has 6 saturated heterocycles. The van der Waals surface area contributed by atoms with E-state index in [4.69, 9.17) is 11.6 Å². The fourth-order valence-electron chi connectivity index (χ4n) is 15.7. The van der Waals surface area contributed by atoms with E-state index >= 15 is 0 Å². The number of nitrogens with zero attached hydrogens (tertiary/aromatic N) is 10. The van der Waals surface area contributed by atoms with Crippen LogP contribution < -0.4 is 5.32 Å². The normalized spacial score (nSPS) is 23.5. The number of rotatable bonds is 14. The van der Waals surface area contributed by atoms with Gasteiger partial charge in [0.2, 0.25) is 5.91 Å². The number of alkyl halides is 1. The van der Waals surface area contributed by atoms with E-state index in [-0.39, 0.29) is 45.0 Å². The lowest BCUT2D eigenvalue weighted by Gasteiger charge is -2.52. The smallest absolute Gasteiger partial charge is 0.376 e. The molecule has 6 heterocycles. The van der Waals surface area contributed by atoms with Crippen LogP contribution in [0.3, 0.4) is 0 Å². The van der Waals surface area contributed by atoms with Crippen molar-refractivity contribution in [2.45, 2.75) is 223 Å². The molecule has 0 bridgehead atoms. The maximum absolute atomic E-state index is 11.6. The van der Waals surface area contributed by atoms with Crippen LogP contribution >= 0.6 is 11.6 Å². The van der Waals surface area contributed by atoms with Crippen LogP contribution in [-0.4, -0.2) is 250 Å². The number of hydrogen-bond donors (Lipinski definition) is 5. The predicted molar refractivity (Wildman–Crippen MR) is 439 cm³/mol. The van der Waals surface area contributed by atoms with Crippen molar-refractivity contribution < 1.29 is 24.9 Å². The molecule has 1 amide bonds. The van der Waals surface area contributed by atoms with Gasteiger partial charge in [0.05, 0.1) is 5.38 Å². The number of halogens is 1. The fourth-order valence-corrected chi connectivity index (χ4v) is 15.8. The Balaban J connectivity index is 0.000000199. The summed E-state index contributed by atoms with van der Waals surface area (Å²) >= 11 is 5.86. The van der Waals surface area contributed by atoms with Crippen molar-refractivity contribution >= 4 is 45.7 Å². The summed E-state index contributed by atoms with van der Waals surface area (Å²) in [5.41, 5.74) is 13.5. The first kappa shape index (κ1) is 87.5. The first-order chi connectivity index (χ1) is 48.7. The Labute approximate surface area is 632 Å². The van der Waals surface area contributed by atoms with E-state index in [9.17, 15) is 24.9 Å². The molecule has 21 heteroatoms. The Hall–Kier alpha value is -4.44. The first-order valence-electron chi connectivity index (χ1n) is 39.1. The van der Waals surface area contributed by atoms with Crippen molar-refractivity contribution in [2.24, 2.45) is 0 Å². The Kier molecular flexibility index (Phi) is 36.0. The number of hydrogen-bond acceptors (Lipinski definition) is 15. The van der Waals surface area contributed by atoms with E-state index in [1.54, 1.807) is 6.92 Å². The number of piperidine rings is 1. The summed E-state index contributed by atoms with van der Waals surface area (Å²) in [5, 5.41) is 41.7. The van der Waals surface area contributed by atoms with Crippen molar-refractivity contribution in [1.29, 1.82) is 0 Å². The van der Waals surface area contributed by atoms with Gasteiger partial charge >= 0.3 is 28.2 Å². The maximum atomic E-state index is 11.6. The van der Waals surface area contributed by atoms with Crippen LogP contribution in [0.5, 0.6) is 0 Å². The fraction of sp³-hybridized carbons (Fsp3) is 0.622. The number of aryl methyl sites for hydroxylation is 5. The molecule has 6 aliphatic rings. The van der Waals surface area contributed by atoms with Gasteiger partial charge in [0.25, 0.3) is 0 Å². The van der Waals surface area contributed by atoms with E-state index in [0.29, 0.717) is 54.4 Å². The zero-order chi connectivity index (χ0) is 76.0. The van der Waals surface area contributed by atoms with Crippen molar-refractivity contribution in [3.8, 4) is 0 Å². The Morgan fingerprint density at radius 1 is 0.408 bits per heavy atom. The van der Waals surface area contributed by atoms with Crippen LogP contribution in [0.1, 0.15) is 181 Å². The Morgan fingerprint density at radius 2 is 0.670 bits per heavy atom. The summed E-state index contributed by atoms with van der Waals surface area (Å²) in [6, 6.07) is 48.0. The van der Waals surface area contributed by atoms with E-state index in [0.717, 1.165) is 124 Å². The minimum absolute atomic E-state index is 0.126. The van der Waals surface area contributed by atoms with Gasteiger partial charge in [-0.25, -0.2) is 0 Å². The standard InChI is InChI=1S/C22H35N3O.3C15H25BN2O.C9H11Cl.C6H15BN2O/c1-17-6-8-21(9-7-17)19(3)25-15-14-24(16-18(25)2)22(5)10-12-23(13-11-22)20(4)26;3*1-12-5-7-15(8-6-12)14(3)18-10-9-17(16(4)19)11-13(18)2;1-7-3-5-9(6-4-7)8(2)10;1-6-5-9(7(2)10)4-3-8-6/h6-9,18-19H,10-16H2,1-5H3;3*5-8,13-14,19H,9-11H2,1-4H3;3-6,8H,1-2H3;6,8,10H,3-5H2,1-2H3/t18-,19-;13-,14+;2*13-,14-;;6-/m0000.0/s1. The summed E-state index contributed by atoms with van der Waals surface area (Å²) in [4.78, 5) is 35.0. The van der Waals surface area contributed by atoms with Crippen molar-refractivity contribution in [3.05, 3.63) is 177 Å². The molecule has 5 aromatic rings. The molecule has 0 aliphatic carbocycles. The quantitative estimate of drug-likeness (QED) is 0.0531. The van der Waals surface area contributed by atoms with Crippen LogP contribution in [0.15, 0.2) is 121 Å². The maximum Gasteiger partial charge on any atom is 0.376 e. The van der Waals surface area contributed by atoms with E-state index in [1.807, 2.05) is 39.1 Å². The molecule has 568 valence electrons. The van der Waals surface area contributed by atoms with Gasteiger partial charge in [-0.1, -0.05) is 149 Å². The highest BCUT2D eigenvalue weighted by Crippen LogP contribution is 2.35. The molecule has 10 atom stereocenters. The highest BCUT2D eigenvalue weighted by atomic mass is 35.5. The second-order valence-electron chi connectivity index (χ2n) is 31.5. The molecule has 0 saturated carbocycles. The Morgan fingerprint density at radius 3 is 0.903 bits per heavy atom. The molecule has 0 aromatic heterocycles. The average molecular weight is 1430 g/mol. The number of benzene rings is 5. The van der Waals surface area contributed by atoms with E-state index in [2.05, 4.69) is 274 Å². The molecule has 103 heavy (non-hydrogen) atoms. The largest absolute Gasteiger partial charge is 0.437 e. The van der Waals surface area contributed by atoms with Crippen LogP contribution in [-0.2, 0) is 4.79 Å². The molecular weight excluding hydrogens is 1300 g/mol. The molecular formula is C82H136B4ClN11O5.